The van der Waals surface area contributed by atoms with Crippen molar-refractivity contribution in [3.05, 3.63) is 51.8 Å². The molecule has 8 heteroatoms. The molecule has 2 aromatic carbocycles. The number of hydrogen-bond donors (Lipinski definition) is 1. The minimum atomic E-state index is -0.260. The second-order valence-electron chi connectivity index (χ2n) is 5.70. The van der Waals surface area contributed by atoms with Crippen molar-refractivity contribution in [3.8, 4) is 28.5 Å². The molecule has 0 radical (unpaired) electrons. The Morgan fingerprint density at radius 3 is 2.81 bits per heavy atom. The summed E-state index contributed by atoms with van der Waals surface area (Å²) in [5, 5.41) is 5.23. The molecule has 4 rings (SSSR count). The van der Waals surface area contributed by atoms with Crippen LogP contribution in [0.5, 0.6) is 17.2 Å². The summed E-state index contributed by atoms with van der Waals surface area (Å²) in [6.07, 6.45) is 0. The number of anilines is 1. The first-order valence-corrected chi connectivity index (χ1v) is 9.82. The van der Waals surface area contributed by atoms with Crippen LogP contribution >= 0.6 is 27.3 Å². The van der Waals surface area contributed by atoms with Gasteiger partial charge in [-0.05, 0) is 52.3 Å². The number of halogens is 1. The molecule has 0 atom stereocenters. The van der Waals surface area contributed by atoms with Crippen molar-refractivity contribution in [1.29, 1.82) is 0 Å². The topological polar surface area (TPSA) is 69.7 Å². The normalized spacial score (nSPS) is 12.5. The largest absolute Gasteiger partial charge is 0.497 e. The lowest BCUT2D eigenvalue weighted by Crippen LogP contribution is -2.15. The van der Waals surface area contributed by atoms with E-state index in [0.717, 1.165) is 17.0 Å². The third-order valence-corrected chi connectivity index (χ3v) is 5.43. The van der Waals surface area contributed by atoms with Crippen LogP contribution in [0, 0.1) is 0 Å². The lowest BCUT2D eigenvalue weighted by Gasteiger charge is -2.18. The Kier molecular flexibility index (Phi) is 5.00. The van der Waals surface area contributed by atoms with Crippen LogP contribution in [-0.2, 0) is 0 Å². The van der Waals surface area contributed by atoms with Gasteiger partial charge in [-0.15, -0.1) is 11.3 Å². The Morgan fingerprint density at radius 2 is 2.00 bits per heavy atom. The van der Waals surface area contributed by atoms with Gasteiger partial charge in [0.1, 0.15) is 19.0 Å². The maximum absolute atomic E-state index is 12.6. The third-order valence-electron chi connectivity index (χ3n) is 3.98. The number of benzene rings is 2. The summed E-state index contributed by atoms with van der Waals surface area (Å²) in [6.45, 7) is 1.09. The average molecular weight is 447 g/mol. The predicted octanol–water partition coefficient (Wildman–Crippen LogP) is 4.60. The number of rotatable bonds is 4. The SMILES string of the molecule is COc1ccc(Br)c(C(=O)Nc2nc(-c3ccc4c(c3)OCCO4)cs2)c1. The number of methoxy groups -OCH3 is 1. The van der Waals surface area contributed by atoms with E-state index in [9.17, 15) is 4.79 Å². The van der Waals surface area contributed by atoms with E-state index in [1.165, 1.54) is 11.3 Å². The number of thiazole rings is 1. The number of nitrogens with zero attached hydrogens (tertiary/aromatic N) is 1. The number of ether oxygens (including phenoxy) is 3. The molecule has 6 nitrogen and oxygen atoms in total. The molecular weight excluding hydrogens is 432 g/mol. The second-order valence-corrected chi connectivity index (χ2v) is 7.41. The average Bonchev–Trinajstić information content (AvgIpc) is 3.16. The van der Waals surface area contributed by atoms with Crippen LogP contribution in [0.25, 0.3) is 11.3 Å². The highest BCUT2D eigenvalue weighted by Gasteiger charge is 2.16. The number of aromatic nitrogens is 1. The van der Waals surface area contributed by atoms with Crippen molar-refractivity contribution in [3.63, 3.8) is 0 Å². The molecule has 1 amide bonds. The Hall–Kier alpha value is -2.58. The highest BCUT2D eigenvalue weighted by atomic mass is 79.9. The van der Waals surface area contributed by atoms with E-state index < -0.39 is 0 Å². The molecule has 1 N–H and O–H groups in total. The van der Waals surface area contributed by atoms with E-state index in [4.69, 9.17) is 14.2 Å². The van der Waals surface area contributed by atoms with Crippen molar-refractivity contribution >= 4 is 38.3 Å². The van der Waals surface area contributed by atoms with Gasteiger partial charge in [0.05, 0.1) is 18.4 Å². The van der Waals surface area contributed by atoms with Crippen LogP contribution in [0.4, 0.5) is 5.13 Å². The van der Waals surface area contributed by atoms with Gasteiger partial charge in [-0.2, -0.15) is 0 Å². The van der Waals surface area contributed by atoms with Crippen LogP contribution in [0.15, 0.2) is 46.3 Å². The summed E-state index contributed by atoms with van der Waals surface area (Å²) in [6, 6.07) is 10.9. The summed E-state index contributed by atoms with van der Waals surface area (Å²) in [7, 11) is 1.56. The number of carbonyl (C=O) groups excluding carboxylic acids is 1. The fourth-order valence-corrected chi connectivity index (χ4v) is 3.78. The van der Waals surface area contributed by atoms with Gasteiger partial charge in [-0.1, -0.05) is 0 Å². The number of hydrogen-bond acceptors (Lipinski definition) is 6. The zero-order valence-corrected chi connectivity index (χ0v) is 16.7. The number of nitrogens with one attached hydrogen (secondary N) is 1. The summed E-state index contributed by atoms with van der Waals surface area (Å²) < 4.78 is 17.0. The fourth-order valence-electron chi connectivity index (χ4n) is 2.64. The first kappa shape index (κ1) is 17.8. The van der Waals surface area contributed by atoms with Gasteiger partial charge in [-0.25, -0.2) is 4.98 Å². The molecule has 27 heavy (non-hydrogen) atoms. The summed E-state index contributed by atoms with van der Waals surface area (Å²) >= 11 is 4.75. The summed E-state index contributed by atoms with van der Waals surface area (Å²) in [5.74, 6) is 1.79. The van der Waals surface area contributed by atoms with E-state index in [1.54, 1.807) is 25.3 Å². The lowest BCUT2D eigenvalue weighted by molar-refractivity contribution is 0.102. The van der Waals surface area contributed by atoms with Crippen LogP contribution in [0.1, 0.15) is 10.4 Å². The smallest absolute Gasteiger partial charge is 0.258 e. The maximum atomic E-state index is 12.6. The molecule has 1 aliphatic rings. The van der Waals surface area contributed by atoms with Gasteiger partial charge in [0, 0.05) is 15.4 Å². The van der Waals surface area contributed by atoms with Crippen molar-refractivity contribution in [2.45, 2.75) is 0 Å². The molecule has 0 fully saturated rings. The molecule has 0 saturated heterocycles. The van der Waals surface area contributed by atoms with Crippen LogP contribution in [0.2, 0.25) is 0 Å². The van der Waals surface area contributed by atoms with Gasteiger partial charge >= 0.3 is 0 Å². The number of carbonyl (C=O) groups is 1. The van der Waals surface area contributed by atoms with E-state index >= 15 is 0 Å². The zero-order chi connectivity index (χ0) is 18.8. The van der Waals surface area contributed by atoms with Crippen molar-refractivity contribution in [1.82, 2.24) is 4.98 Å². The zero-order valence-electron chi connectivity index (χ0n) is 14.3. The molecule has 0 bridgehead atoms. The molecule has 0 spiro atoms. The Balaban J connectivity index is 1.54. The van der Waals surface area contributed by atoms with Crippen LogP contribution < -0.4 is 19.5 Å². The highest BCUT2D eigenvalue weighted by Crippen LogP contribution is 2.35. The molecular formula is C19H15BrN2O4S. The number of fused-ring (bicyclic) bond motifs is 1. The van der Waals surface area contributed by atoms with E-state index in [1.807, 2.05) is 23.6 Å². The first-order chi connectivity index (χ1) is 13.1. The molecule has 2 heterocycles. The van der Waals surface area contributed by atoms with Crippen molar-refractivity contribution in [2.24, 2.45) is 0 Å². The maximum Gasteiger partial charge on any atom is 0.258 e. The third kappa shape index (κ3) is 3.77. The van der Waals surface area contributed by atoms with Crippen LogP contribution in [0.3, 0.4) is 0 Å². The van der Waals surface area contributed by atoms with E-state index in [-0.39, 0.29) is 5.91 Å². The Bertz CT molecular complexity index is 1010. The molecule has 3 aromatic rings. The van der Waals surface area contributed by atoms with Crippen LogP contribution in [-0.4, -0.2) is 31.2 Å². The Morgan fingerprint density at radius 1 is 1.19 bits per heavy atom. The quantitative estimate of drug-likeness (QED) is 0.633. The highest BCUT2D eigenvalue weighted by molar-refractivity contribution is 9.10. The molecule has 1 aliphatic heterocycles. The number of amides is 1. The molecule has 0 unspecified atom stereocenters. The molecule has 0 saturated carbocycles. The van der Waals surface area contributed by atoms with Crippen molar-refractivity contribution < 1.29 is 19.0 Å². The van der Waals surface area contributed by atoms with Gasteiger partial charge in [0.25, 0.3) is 5.91 Å². The van der Waals surface area contributed by atoms with Gasteiger partial charge in [0.15, 0.2) is 16.6 Å². The van der Waals surface area contributed by atoms with Gasteiger partial charge < -0.3 is 14.2 Å². The summed E-state index contributed by atoms with van der Waals surface area (Å²) in [4.78, 5) is 17.1. The molecule has 1 aromatic heterocycles. The molecule has 138 valence electrons. The van der Waals surface area contributed by atoms with Gasteiger partial charge in [0.2, 0.25) is 0 Å². The monoisotopic (exact) mass is 446 g/mol. The lowest BCUT2D eigenvalue weighted by atomic mass is 10.1. The minimum Gasteiger partial charge on any atom is -0.497 e. The fraction of sp³-hybridized carbons (Fsp3) is 0.158. The van der Waals surface area contributed by atoms with E-state index in [0.29, 0.717) is 39.9 Å². The first-order valence-electron chi connectivity index (χ1n) is 8.14. The second kappa shape index (κ2) is 7.58. The predicted molar refractivity (Wildman–Crippen MR) is 107 cm³/mol. The van der Waals surface area contributed by atoms with Gasteiger partial charge in [-0.3, -0.25) is 10.1 Å². The Labute approximate surface area is 168 Å². The summed E-state index contributed by atoms with van der Waals surface area (Å²) in [5.41, 5.74) is 2.14. The van der Waals surface area contributed by atoms with E-state index in [2.05, 4.69) is 26.2 Å². The minimum absolute atomic E-state index is 0.260. The van der Waals surface area contributed by atoms with Crippen molar-refractivity contribution in [2.75, 3.05) is 25.6 Å². The molecule has 0 aliphatic carbocycles. The standard InChI is InChI=1S/C19H15BrN2O4S/c1-24-12-3-4-14(20)13(9-12)18(23)22-19-21-15(10-27-19)11-2-5-16-17(8-11)26-7-6-25-16/h2-5,8-10H,6-7H2,1H3,(H,21,22,23).